The Morgan fingerprint density at radius 3 is 2.26 bits per heavy atom. The fourth-order valence-corrected chi connectivity index (χ4v) is 1.22. The number of carbonyl (C=O) groups is 4. The number of hydrogen-bond donors (Lipinski definition) is 3. The van der Waals surface area contributed by atoms with Crippen LogP contribution in [0.1, 0.15) is 32.6 Å². The van der Waals surface area contributed by atoms with Gasteiger partial charge in [0.15, 0.2) is 0 Å². The minimum atomic E-state index is -0.926. The van der Waals surface area contributed by atoms with Crippen LogP contribution in [0.3, 0.4) is 0 Å². The van der Waals surface area contributed by atoms with Gasteiger partial charge in [0.25, 0.3) is 0 Å². The Morgan fingerprint density at radius 1 is 1.16 bits per heavy atom. The zero-order valence-electron chi connectivity index (χ0n) is 10.9. The molecule has 0 fully saturated rings. The number of hydrogen-bond acceptors (Lipinski definition) is 5. The van der Waals surface area contributed by atoms with Crippen molar-refractivity contribution in [2.75, 3.05) is 7.11 Å². The monoisotopic (exact) mass is 274 g/mol. The van der Waals surface area contributed by atoms with Gasteiger partial charge in [-0.05, 0) is 19.8 Å². The number of esters is 1. The summed E-state index contributed by atoms with van der Waals surface area (Å²) in [6.45, 7) is 1.42. The summed E-state index contributed by atoms with van der Waals surface area (Å²) in [5, 5.41) is 12.7. The van der Waals surface area contributed by atoms with Gasteiger partial charge in [-0.1, -0.05) is 0 Å². The van der Waals surface area contributed by atoms with E-state index in [0.717, 1.165) is 0 Å². The molecule has 0 aromatic rings. The molecule has 0 radical (unpaired) electrons. The summed E-state index contributed by atoms with van der Waals surface area (Å²) in [5.41, 5.74) is 0. The average molecular weight is 274 g/mol. The molecule has 19 heavy (non-hydrogen) atoms. The second kappa shape index (κ2) is 8.90. The van der Waals surface area contributed by atoms with Crippen LogP contribution in [-0.4, -0.2) is 42.1 Å². The van der Waals surface area contributed by atoms with E-state index < -0.39 is 29.9 Å². The fraction of sp³-hybridized carbons (Fsp3) is 0.636. The Labute approximate surface area is 110 Å². The van der Waals surface area contributed by atoms with Crippen molar-refractivity contribution in [1.29, 1.82) is 0 Å². The number of carboxylic acids is 1. The third-order valence-corrected chi connectivity index (χ3v) is 2.20. The van der Waals surface area contributed by atoms with E-state index in [4.69, 9.17) is 5.11 Å². The van der Waals surface area contributed by atoms with Gasteiger partial charge in [-0.25, -0.2) is 9.59 Å². The summed E-state index contributed by atoms with van der Waals surface area (Å²) in [5.74, 6) is -2.07. The molecule has 1 unspecified atom stereocenters. The molecule has 0 bridgehead atoms. The molecule has 108 valence electrons. The molecule has 0 aliphatic rings. The number of urea groups is 1. The molecule has 0 heterocycles. The van der Waals surface area contributed by atoms with Gasteiger partial charge in [-0.15, -0.1) is 0 Å². The molecule has 8 heteroatoms. The van der Waals surface area contributed by atoms with Crippen LogP contribution in [0.25, 0.3) is 0 Å². The van der Waals surface area contributed by atoms with E-state index in [9.17, 15) is 19.2 Å². The highest BCUT2D eigenvalue weighted by atomic mass is 16.5. The van der Waals surface area contributed by atoms with Gasteiger partial charge in [0, 0.05) is 12.8 Å². The van der Waals surface area contributed by atoms with Gasteiger partial charge in [0.1, 0.15) is 6.04 Å². The predicted octanol–water partition coefficient (Wildman–Crippen LogP) is 0.0187. The van der Waals surface area contributed by atoms with E-state index in [2.05, 4.69) is 10.1 Å². The smallest absolute Gasteiger partial charge is 0.328 e. The predicted molar refractivity (Wildman–Crippen MR) is 64.3 cm³/mol. The summed E-state index contributed by atoms with van der Waals surface area (Å²) in [7, 11) is 1.19. The van der Waals surface area contributed by atoms with Crippen LogP contribution >= 0.6 is 0 Å². The van der Waals surface area contributed by atoms with Gasteiger partial charge < -0.3 is 15.2 Å². The highest BCUT2D eigenvalue weighted by Gasteiger charge is 2.16. The van der Waals surface area contributed by atoms with Crippen LogP contribution in [0.4, 0.5) is 4.79 Å². The van der Waals surface area contributed by atoms with E-state index in [1.54, 1.807) is 0 Å². The molecule has 0 aliphatic heterocycles. The number of unbranched alkanes of at least 4 members (excludes halogenated alkanes) is 1. The summed E-state index contributed by atoms with van der Waals surface area (Å²) in [4.78, 5) is 43.8. The van der Waals surface area contributed by atoms with Crippen molar-refractivity contribution in [3.05, 3.63) is 0 Å². The molecule has 8 nitrogen and oxygen atoms in total. The first kappa shape index (κ1) is 16.9. The Kier molecular flexibility index (Phi) is 7.90. The molecule has 0 aliphatic carbocycles. The third-order valence-electron chi connectivity index (χ3n) is 2.20. The molecule has 0 rings (SSSR count). The van der Waals surface area contributed by atoms with Crippen LogP contribution in [0, 0.1) is 0 Å². The molecule has 3 amide bonds. The third kappa shape index (κ3) is 8.58. The molecule has 0 saturated heterocycles. The van der Waals surface area contributed by atoms with Crippen molar-refractivity contribution >= 4 is 23.9 Å². The fourth-order valence-electron chi connectivity index (χ4n) is 1.22. The second-order valence-corrected chi connectivity index (χ2v) is 3.87. The van der Waals surface area contributed by atoms with Crippen molar-refractivity contribution in [2.24, 2.45) is 0 Å². The Balaban J connectivity index is 3.84. The van der Waals surface area contributed by atoms with Crippen LogP contribution in [-0.2, 0) is 19.1 Å². The van der Waals surface area contributed by atoms with Crippen LogP contribution in [0.15, 0.2) is 0 Å². The zero-order chi connectivity index (χ0) is 14.8. The molecule has 0 saturated carbocycles. The maximum atomic E-state index is 11.3. The SMILES string of the molecule is COC(=O)C(C)NC(=O)NC(=O)CCCCC(=O)O. The first-order valence-electron chi connectivity index (χ1n) is 5.76. The standard InChI is InChI=1S/C11H18N2O6/c1-7(10(17)19-2)12-11(18)13-8(14)5-3-4-6-9(15)16/h7H,3-6H2,1-2H3,(H,15,16)(H2,12,13,14,18). The summed E-state index contributed by atoms with van der Waals surface area (Å²) >= 11 is 0. The van der Waals surface area contributed by atoms with Gasteiger partial charge in [0.2, 0.25) is 5.91 Å². The summed E-state index contributed by atoms with van der Waals surface area (Å²) in [6.07, 6.45) is 0.771. The zero-order valence-corrected chi connectivity index (χ0v) is 10.9. The summed E-state index contributed by atoms with van der Waals surface area (Å²) < 4.78 is 4.40. The molecular weight excluding hydrogens is 256 g/mol. The summed E-state index contributed by atoms with van der Waals surface area (Å²) in [6, 6.07) is -1.65. The van der Waals surface area contributed by atoms with Crippen molar-refractivity contribution in [1.82, 2.24) is 10.6 Å². The number of imide groups is 1. The topological polar surface area (TPSA) is 122 Å². The number of carbonyl (C=O) groups excluding carboxylic acids is 3. The minimum Gasteiger partial charge on any atom is -0.481 e. The van der Waals surface area contributed by atoms with E-state index in [-0.39, 0.29) is 12.8 Å². The lowest BCUT2D eigenvalue weighted by atomic mass is 10.2. The second-order valence-electron chi connectivity index (χ2n) is 3.87. The minimum absolute atomic E-state index is 0.0150. The van der Waals surface area contributed by atoms with Gasteiger partial charge >= 0.3 is 18.0 Å². The highest BCUT2D eigenvalue weighted by Crippen LogP contribution is 1.99. The lowest BCUT2D eigenvalue weighted by Crippen LogP contribution is -2.46. The van der Waals surface area contributed by atoms with Crippen molar-refractivity contribution in [3.63, 3.8) is 0 Å². The number of rotatable bonds is 7. The lowest BCUT2D eigenvalue weighted by Gasteiger charge is -2.11. The molecule has 3 N–H and O–H groups in total. The van der Waals surface area contributed by atoms with Gasteiger partial charge in [-0.3, -0.25) is 14.9 Å². The van der Waals surface area contributed by atoms with Crippen molar-refractivity contribution < 1.29 is 29.0 Å². The molecule has 0 aromatic carbocycles. The Morgan fingerprint density at radius 2 is 1.74 bits per heavy atom. The lowest BCUT2D eigenvalue weighted by molar-refractivity contribution is -0.142. The number of ether oxygens (including phenoxy) is 1. The highest BCUT2D eigenvalue weighted by molar-refractivity contribution is 5.95. The normalized spacial score (nSPS) is 11.3. The van der Waals surface area contributed by atoms with Crippen LogP contribution in [0.5, 0.6) is 0 Å². The van der Waals surface area contributed by atoms with E-state index in [1.807, 2.05) is 5.32 Å². The number of nitrogens with one attached hydrogen (secondary N) is 2. The van der Waals surface area contributed by atoms with E-state index in [1.165, 1.54) is 14.0 Å². The first-order chi connectivity index (χ1) is 8.86. The van der Waals surface area contributed by atoms with Gasteiger partial charge in [0.05, 0.1) is 7.11 Å². The number of methoxy groups -OCH3 is 1. The maximum absolute atomic E-state index is 11.3. The Bertz CT molecular complexity index is 355. The molecule has 0 aromatic heterocycles. The Hall–Kier alpha value is -2.12. The van der Waals surface area contributed by atoms with Crippen molar-refractivity contribution in [2.45, 2.75) is 38.6 Å². The van der Waals surface area contributed by atoms with E-state index >= 15 is 0 Å². The number of aliphatic carboxylic acids is 1. The average Bonchev–Trinajstić information content (AvgIpc) is 2.33. The van der Waals surface area contributed by atoms with Crippen LogP contribution < -0.4 is 10.6 Å². The number of carboxylic acid groups (broad SMARTS) is 1. The van der Waals surface area contributed by atoms with E-state index in [0.29, 0.717) is 12.8 Å². The first-order valence-corrected chi connectivity index (χ1v) is 5.76. The van der Waals surface area contributed by atoms with Crippen LogP contribution in [0.2, 0.25) is 0 Å². The van der Waals surface area contributed by atoms with Gasteiger partial charge in [-0.2, -0.15) is 0 Å². The quantitative estimate of drug-likeness (QED) is 0.444. The largest absolute Gasteiger partial charge is 0.481 e. The molecule has 0 spiro atoms. The van der Waals surface area contributed by atoms with Crippen molar-refractivity contribution in [3.8, 4) is 0 Å². The molecule has 1 atom stereocenters. The number of amides is 3. The maximum Gasteiger partial charge on any atom is 0.328 e. The molecular formula is C11H18N2O6.